The van der Waals surface area contributed by atoms with Crippen LogP contribution in [-0.2, 0) is 0 Å². The lowest BCUT2D eigenvalue weighted by Gasteiger charge is -2.23. The molecular weight excluding hydrogens is 316 g/mol. The molecule has 0 aromatic heterocycles. The Morgan fingerprint density at radius 3 is 2.95 bits per heavy atom. The lowest BCUT2D eigenvalue weighted by Crippen LogP contribution is -2.37. The molecule has 0 aliphatic carbocycles. The Kier molecular flexibility index (Phi) is 4.16. The molecule has 102 valence electrons. The minimum Gasteiger partial charge on any atom is -0.394 e. The quantitative estimate of drug-likeness (QED) is 0.679. The third kappa shape index (κ3) is 2.76. The molecule has 1 aromatic carbocycles. The molecule has 1 fully saturated rings. The van der Waals surface area contributed by atoms with Gasteiger partial charge in [0.25, 0.3) is 11.6 Å². The molecule has 1 heterocycles. The highest BCUT2D eigenvalue weighted by Gasteiger charge is 2.29. The molecule has 19 heavy (non-hydrogen) atoms. The molecule has 2 rings (SSSR count). The third-order valence-corrected chi connectivity index (χ3v) is 3.91. The topological polar surface area (TPSA) is 83.7 Å². The average Bonchev–Trinajstić information content (AvgIpc) is 2.86. The molecular formula is C12H13BrN2O4. The molecule has 6 nitrogen and oxygen atoms in total. The predicted octanol–water partition coefficient (Wildman–Crippen LogP) is 1.95. The maximum absolute atomic E-state index is 12.3. The number of benzene rings is 1. The average molecular weight is 329 g/mol. The Bertz CT molecular complexity index is 520. The van der Waals surface area contributed by atoms with E-state index >= 15 is 0 Å². The molecule has 1 unspecified atom stereocenters. The van der Waals surface area contributed by atoms with Gasteiger partial charge in [0.2, 0.25) is 0 Å². The van der Waals surface area contributed by atoms with Crippen LogP contribution < -0.4 is 0 Å². The number of halogens is 1. The summed E-state index contributed by atoms with van der Waals surface area (Å²) in [6, 6.07) is 4.12. The number of nitro groups is 1. The Morgan fingerprint density at radius 1 is 1.58 bits per heavy atom. The van der Waals surface area contributed by atoms with Crippen molar-refractivity contribution in [2.75, 3.05) is 13.2 Å². The molecule has 1 aromatic rings. The monoisotopic (exact) mass is 328 g/mol. The molecule has 7 heteroatoms. The number of nitrogens with zero attached hydrogens (tertiary/aromatic N) is 2. The zero-order valence-electron chi connectivity index (χ0n) is 10.1. The summed E-state index contributed by atoms with van der Waals surface area (Å²) >= 11 is 3.08. The van der Waals surface area contributed by atoms with Crippen LogP contribution in [0, 0.1) is 10.1 Å². The fraction of sp³-hybridized carbons (Fsp3) is 0.417. The number of carbonyl (C=O) groups is 1. The van der Waals surface area contributed by atoms with Crippen LogP contribution in [0.2, 0.25) is 0 Å². The largest absolute Gasteiger partial charge is 0.394 e. The highest BCUT2D eigenvalue weighted by Crippen LogP contribution is 2.27. The first kappa shape index (κ1) is 14.0. The van der Waals surface area contributed by atoms with Crippen molar-refractivity contribution < 1.29 is 14.8 Å². The van der Waals surface area contributed by atoms with Crippen molar-refractivity contribution in [2.45, 2.75) is 18.9 Å². The van der Waals surface area contributed by atoms with Gasteiger partial charge < -0.3 is 10.0 Å². The number of rotatable bonds is 3. The van der Waals surface area contributed by atoms with Crippen molar-refractivity contribution >= 4 is 27.5 Å². The van der Waals surface area contributed by atoms with Crippen LogP contribution in [0.3, 0.4) is 0 Å². The van der Waals surface area contributed by atoms with E-state index in [9.17, 15) is 20.0 Å². The van der Waals surface area contributed by atoms with Crippen molar-refractivity contribution in [3.05, 3.63) is 38.3 Å². The van der Waals surface area contributed by atoms with Gasteiger partial charge in [0.05, 0.1) is 22.0 Å². The van der Waals surface area contributed by atoms with Gasteiger partial charge in [-0.05, 0) is 40.9 Å². The normalized spacial score (nSPS) is 18.6. The van der Waals surface area contributed by atoms with E-state index < -0.39 is 4.92 Å². The Hall–Kier alpha value is -1.47. The fourth-order valence-corrected chi connectivity index (χ4v) is 2.64. The van der Waals surface area contributed by atoms with E-state index in [1.807, 2.05) is 0 Å². The molecule has 1 N–H and O–H groups in total. The van der Waals surface area contributed by atoms with E-state index in [1.54, 1.807) is 11.0 Å². The summed E-state index contributed by atoms with van der Waals surface area (Å²) in [7, 11) is 0. The third-order valence-electron chi connectivity index (χ3n) is 3.24. The number of likely N-dealkylation sites (tertiary alicyclic amines) is 1. The van der Waals surface area contributed by atoms with Crippen molar-refractivity contribution in [1.82, 2.24) is 4.90 Å². The number of aliphatic hydroxyl groups excluding tert-OH is 1. The van der Waals surface area contributed by atoms with E-state index in [0.717, 1.165) is 12.8 Å². The number of hydrogen-bond acceptors (Lipinski definition) is 4. The summed E-state index contributed by atoms with van der Waals surface area (Å²) in [6.07, 6.45) is 1.61. The van der Waals surface area contributed by atoms with Crippen LogP contribution in [0.25, 0.3) is 0 Å². The first-order chi connectivity index (χ1) is 9.04. The molecule has 1 aliphatic rings. The maximum Gasteiger partial charge on any atom is 0.284 e. The standard InChI is InChI=1S/C12H13BrN2O4/c13-10-4-3-8(6-11(10)15(18)19)12(17)14-5-1-2-9(14)7-16/h3-4,6,9,16H,1-2,5,7H2. The predicted molar refractivity (Wildman–Crippen MR) is 71.9 cm³/mol. The number of hydrogen-bond donors (Lipinski definition) is 1. The maximum atomic E-state index is 12.3. The van der Waals surface area contributed by atoms with Crippen LogP contribution in [0.1, 0.15) is 23.2 Å². The van der Waals surface area contributed by atoms with Crippen molar-refractivity contribution in [2.24, 2.45) is 0 Å². The SMILES string of the molecule is O=C(c1ccc(Br)c([N+](=O)[O-])c1)N1CCCC1CO. The van der Waals surface area contributed by atoms with E-state index in [2.05, 4.69) is 15.9 Å². The number of amides is 1. The van der Waals surface area contributed by atoms with Crippen LogP contribution in [-0.4, -0.2) is 40.0 Å². The fourth-order valence-electron chi connectivity index (χ4n) is 2.24. The van der Waals surface area contributed by atoms with Gasteiger partial charge in [-0.3, -0.25) is 14.9 Å². The Labute approximate surface area is 118 Å². The van der Waals surface area contributed by atoms with Gasteiger partial charge in [-0.25, -0.2) is 0 Å². The molecule has 0 spiro atoms. The van der Waals surface area contributed by atoms with E-state index in [4.69, 9.17) is 0 Å². The smallest absolute Gasteiger partial charge is 0.284 e. The van der Waals surface area contributed by atoms with Crippen LogP contribution >= 0.6 is 15.9 Å². The van der Waals surface area contributed by atoms with Gasteiger partial charge in [-0.2, -0.15) is 0 Å². The van der Waals surface area contributed by atoms with E-state index in [1.165, 1.54) is 12.1 Å². The highest BCUT2D eigenvalue weighted by atomic mass is 79.9. The lowest BCUT2D eigenvalue weighted by atomic mass is 10.1. The lowest BCUT2D eigenvalue weighted by molar-refractivity contribution is -0.385. The van der Waals surface area contributed by atoms with Gasteiger partial charge in [0.1, 0.15) is 0 Å². The summed E-state index contributed by atoms with van der Waals surface area (Å²) in [5.41, 5.74) is 0.140. The van der Waals surface area contributed by atoms with Crippen LogP contribution in [0.5, 0.6) is 0 Å². The minimum atomic E-state index is -0.533. The summed E-state index contributed by atoms with van der Waals surface area (Å²) in [6.45, 7) is 0.498. The van der Waals surface area contributed by atoms with Gasteiger partial charge in [-0.1, -0.05) is 0 Å². The summed E-state index contributed by atoms with van der Waals surface area (Å²) in [5.74, 6) is -0.271. The Morgan fingerprint density at radius 2 is 2.32 bits per heavy atom. The molecule has 0 radical (unpaired) electrons. The first-order valence-corrected chi connectivity index (χ1v) is 6.69. The van der Waals surface area contributed by atoms with Crippen molar-refractivity contribution in [1.29, 1.82) is 0 Å². The van der Waals surface area contributed by atoms with Crippen LogP contribution in [0.4, 0.5) is 5.69 Å². The molecule has 1 saturated heterocycles. The number of carbonyl (C=O) groups excluding carboxylic acids is 1. The summed E-state index contributed by atoms with van der Waals surface area (Å²) in [4.78, 5) is 24.2. The molecule has 1 atom stereocenters. The second-order valence-electron chi connectivity index (χ2n) is 4.40. The first-order valence-electron chi connectivity index (χ1n) is 5.90. The molecule has 1 amide bonds. The molecule has 0 bridgehead atoms. The van der Waals surface area contributed by atoms with Gasteiger partial charge in [0.15, 0.2) is 0 Å². The zero-order valence-corrected chi connectivity index (χ0v) is 11.7. The Balaban J connectivity index is 2.29. The molecule has 0 saturated carbocycles. The van der Waals surface area contributed by atoms with E-state index in [0.29, 0.717) is 11.0 Å². The highest BCUT2D eigenvalue weighted by molar-refractivity contribution is 9.10. The second-order valence-corrected chi connectivity index (χ2v) is 5.25. The van der Waals surface area contributed by atoms with Gasteiger partial charge in [0, 0.05) is 18.2 Å². The van der Waals surface area contributed by atoms with Gasteiger partial charge >= 0.3 is 0 Å². The zero-order chi connectivity index (χ0) is 14.0. The number of aliphatic hydroxyl groups is 1. The van der Waals surface area contributed by atoms with Crippen LogP contribution in [0.15, 0.2) is 22.7 Å². The minimum absolute atomic E-state index is 0.0790. The van der Waals surface area contributed by atoms with E-state index in [-0.39, 0.29) is 29.8 Å². The molecule has 1 aliphatic heterocycles. The van der Waals surface area contributed by atoms with Gasteiger partial charge in [-0.15, -0.1) is 0 Å². The summed E-state index contributed by atoms with van der Waals surface area (Å²) < 4.78 is 0.342. The second kappa shape index (κ2) is 5.66. The van der Waals surface area contributed by atoms with Crippen molar-refractivity contribution in [3.63, 3.8) is 0 Å². The summed E-state index contributed by atoms with van der Waals surface area (Å²) in [5, 5.41) is 20.1. The van der Waals surface area contributed by atoms with Crippen molar-refractivity contribution in [3.8, 4) is 0 Å². The number of nitro benzene ring substituents is 1.